The highest BCUT2D eigenvalue weighted by Gasteiger charge is 2.10. The maximum Gasteiger partial charge on any atom is 0.0657 e. The predicted molar refractivity (Wildman–Crippen MR) is 74.3 cm³/mol. The molecule has 0 aliphatic carbocycles. The third-order valence-electron chi connectivity index (χ3n) is 3.02. The van der Waals surface area contributed by atoms with E-state index in [0.29, 0.717) is 0 Å². The van der Waals surface area contributed by atoms with Gasteiger partial charge in [-0.2, -0.15) is 5.10 Å². The van der Waals surface area contributed by atoms with Gasteiger partial charge in [0.25, 0.3) is 0 Å². The van der Waals surface area contributed by atoms with E-state index in [9.17, 15) is 0 Å². The summed E-state index contributed by atoms with van der Waals surface area (Å²) < 4.78 is 1.12. The van der Waals surface area contributed by atoms with Crippen LogP contribution in [0.15, 0.2) is 28.7 Å². The molecule has 0 aliphatic rings. The molecule has 0 saturated heterocycles. The van der Waals surface area contributed by atoms with Crippen molar-refractivity contribution < 1.29 is 0 Å². The van der Waals surface area contributed by atoms with Gasteiger partial charge in [-0.25, -0.2) is 0 Å². The molecule has 3 heteroatoms. The average molecular weight is 293 g/mol. The molecule has 2 rings (SSSR count). The molecule has 1 N–H and O–H groups in total. The van der Waals surface area contributed by atoms with Crippen molar-refractivity contribution in [3.05, 3.63) is 51.3 Å². The Labute approximate surface area is 111 Å². The molecule has 0 saturated carbocycles. The summed E-state index contributed by atoms with van der Waals surface area (Å²) in [5.41, 5.74) is 5.17. The molecule has 90 valence electrons. The first-order valence-corrected chi connectivity index (χ1v) is 6.83. The van der Waals surface area contributed by atoms with Gasteiger partial charge in [0.15, 0.2) is 0 Å². The number of hydrogen-bond donors (Lipinski definition) is 1. The van der Waals surface area contributed by atoms with Crippen molar-refractivity contribution in [3.8, 4) is 0 Å². The summed E-state index contributed by atoms with van der Waals surface area (Å²) in [5, 5.41) is 7.53. The SMILES string of the molecule is CCc1n[nH]c(CC)c1Cc1ccc(Br)cc1. The van der Waals surface area contributed by atoms with E-state index < -0.39 is 0 Å². The van der Waals surface area contributed by atoms with Crippen molar-refractivity contribution in [2.75, 3.05) is 0 Å². The summed E-state index contributed by atoms with van der Waals surface area (Å²) >= 11 is 3.46. The van der Waals surface area contributed by atoms with E-state index in [1.54, 1.807) is 0 Å². The van der Waals surface area contributed by atoms with E-state index in [4.69, 9.17) is 0 Å². The van der Waals surface area contributed by atoms with Crippen LogP contribution < -0.4 is 0 Å². The van der Waals surface area contributed by atoms with Crippen LogP contribution in [0.4, 0.5) is 0 Å². The van der Waals surface area contributed by atoms with Crippen LogP contribution in [0.2, 0.25) is 0 Å². The smallest absolute Gasteiger partial charge is 0.0657 e. The Balaban J connectivity index is 2.28. The first-order chi connectivity index (χ1) is 8.24. The molecular formula is C14H17BrN2. The van der Waals surface area contributed by atoms with Crippen molar-refractivity contribution in [1.82, 2.24) is 10.2 Å². The molecule has 2 nitrogen and oxygen atoms in total. The second-order valence-electron chi connectivity index (χ2n) is 4.14. The van der Waals surface area contributed by atoms with Gasteiger partial charge in [0, 0.05) is 22.2 Å². The largest absolute Gasteiger partial charge is 0.282 e. The fourth-order valence-electron chi connectivity index (χ4n) is 2.04. The molecule has 0 spiro atoms. The predicted octanol–water partition coefficient (Wildman–Crippen LogP) is 3.89. The lowest BCUT2D eigenvalue weighted by molar-refractivity contribution is 0.936. The summed E-state index contributed by atoms with van der Waals surface area (Å²) in [6.45, 7) is 4.32. The third kappa shape index (κ3) is 2.78. The van der Waals surface area contributed by atoms with Crippen LogP contribution in [0.1, 0.15) is 36.4 Å². The van der Waals surface area contributed by atoms with E-state index in [0.717, 1.165) is 23.7 Å². The van der Waals surface area contributed by atoms with E-state index in [1.807, 2.05) is 0 Å². The molecule has 0 unspecified atom stereocenters. The zero-order valence-corrected chi connectivity index (χ0v) is 11.8. The second-order valence-corrected chi connectivity index (χ2v) is 5.05. The van der Waals surface area contributed by atoms with Crippen LogP contribution in [0.25, 0.3) is 0 Å². The van der Waals surface area contributed by atoms with Crippen molar-refractivity contribution in [2.45, 2.75) is 33.1 Å². The van der Waals surface area contributed by atoms with Crippen molar-refractivity contribution in [1.29, 1.82) is 0 Å². The zero-order chi connectivity index (χ0) is 12.3. The number of aromatic nitrogens is 2. The summed E-state index contributed by atoms with van der Waals surface area (Å²) in [5.74, 6) is 0. The van der Waals surface area contributed by atoms with Crippen LogP contribution in [-0.2, 0) is 19.3 Å². The number of halogens is 1. The summed E-state index contributed by atoms with van der Waals surface area (Å²) in [6.07, 6.45) is 2.97. The number of aromatic amines is 1. The van der Waals surface area contributed by atoms with Gasteiger partial charge < -0.3 is 0 Å². The van der Waals surface area contributed by atoms with E-state index in [-0.39, 0.29) is 0 Å². The molecule has 17 heavy (non-hydrogen) atoms. The number of hydrogen-bond acceptors (Lipinski definition) is 1. The van der Waals surface area contributed by atoms with E-state index in [2.05, 4.69) is 64.2 Å². The van der Waals surface area contributed by atoms with Gasteiger partial charge in [-0.3, -0.25) is 5.10 Å². The monoisotopic (exact) mass is 292 g/mol. The molecule has 2 aromatic rings. The van der Waals surface area contributed by atoms with Gasteiger partial charge in [0.05, 0.1) is 5.69 Å². The standard InChI is InChI=1S/C14H17BrN2/c1-3-13-12(14(4-2)17-16-13)9-10-5-7-11(15)8-6-10/h5-8H,3-4,9H2,1-2H3,(H,16,17). The van der Waals surface area contributed by atoms with Gasteiger partial charge in [-0.15, -0.1) is 0 Å². The van der Waals surface area contributed by atoms with Gasteiger partial charge in [0.1, 0.15) is 0 Å². The van der Waals surface area contributed by atoms with Crippen molar-refractivity contribution in [2.24, 2.45) is 0 Å². The van der Waals surface area contributed by atoms with Gasteiger partial charge >= 0.3 is 0 Å². The second kappa shape index (κ2) is 5.50. The first kappa shape index (κ1) is 12.4. The number of benzene rings is 1. The number of nitrogens with zero attached hydrogens (tertiary/aromatic N) is 1. The Morgan fingerprint density at radius 2 is 1.82 bits per heavy atom. The summed E-state index contributed by atoms with van der Waals surface area (Å²) in [7, 11) is 0. The fraction of sp³-hybridized carbons (Fsp3) is 0.357. The topological polar surface area (TPSA) is 28.7 Å². The maximum absolute atomic E-state index is 4.38. The van der Waals surface area contributed by atoms with E-state index >= 15 is 0 Å². The minimum atomic E-state index is 0.968. The lowest BCUT2D eigenvalue weighted by Gasteiger charge is -2.04. The molecule has 1 heterocycles. The number of aryl methyl sites for hydroxylation is 2. The van der Waals surface area contributed by atoms with Gasteiger partial charge in [-0.05, 0) is 30.5 Å². The highest BCUT2D eigenvalue weighted by molar-refractivity contribution is 9.10. The molecule has 0 aliphatic heterocycles. The number of nitrogens with one attached hydrogen (secondary N) is 1. The Kier molecular flexibility index (Phi) is 4.00. The quantitative estimate of drug-likeness (QED) is 0.910. The third-order valence-corrected chi connectivity index (χ3v) is 3.55. The Hall–Kier alpha value is -1.09. The molecule has 0 bridgehead atoms. The number of rotatable bonds is 4. The first-order valence-electron chi connectivity index (χ1n) is 6.04. The molecular weight excluding hydrogens is 276 g/mol. The lowest BCUT2D eigenvalue weighted by Crippen LogP contribution is -1.95. The maximum atomic E-state index is 4.38. The normalized spacial score (nSPS) is 10.8. The van der Waals surface area contributed by atoms with Gasteiger partial charge in [-0.1, -0.05) is 41.9 Å². The van der Waals surface area contributed by atoms with Crippen LogP contribution in [0.5, 0.6) is 0 Å². The molecule has 1 aromatic heterocycles. The Bertz CT molecular complexity index is 464. The van der Waals surface area contributed by atoms with Gasteiger partial charge in [0.2, 0.25) is 0 Å². The summed E-state index contributed by atoms with van der Waals surface area (Å²) in [4.78, 5) is 0. The van der Waals surface area contributed by atoms with E-state index in [1.165, 1.54) is 22.5 Å². The van der Waals surface area contributed by atoms with Crippen LogP contribution in [-0.4, -0.2) is 10.2 Å². The lowest BCUT2D eigenvalue weighted by atomic mass is 10.0. The minimum Gasteiger partial charge on any atom is -0.282 e. The van der Waals surface area contributed by atoms with Crippen LogP contribution >= 0.6 is 15.9 Å². The molecule has 0 radical (unpaired) electrons. The fourth-order valence-corrected chi connectivity index (χ4v) is 2.31. The van der Waals surface area contributed by atoms with Crippen molar-refractivity contribution in [3.63, 3.8) is 0 Å². The number of H-pyrrole nitrogens is 1. The highest BCUT2D eigenvalue weighted by Crippen LogP contribution is 2.19. The Morgan fingerprint density at radius 3 is 2.41 bits per heavy atom. The molecule has 0 amide bonds. The minimum absolute atomic E-state index is 0.968. The molecule has 1 aromatic carbocycles. The van der Waals surface area contributed by atoms with Crippen molar-refractivity contribution >= 4 is 15.9 Å². The van der Waals surface area contributed by atoms with Crippen LogP contribution in [0.3, 0.4) is 0 Å². The average Bonchev–Trinajstić information content (AvgIpc) is 2.74. The van der Waals surface area contributed by atoms with Crippen LogP contribution in [0, 0.1) is 0 Å². The molecule has 0 atom stereocenters. The molecule has 0 fully saturated rings. The summed E-state index contributed by atoms with van der Waals surface area (Å²) in [6, 6.07) is 8.51. The zero-order valence-electron chi connectivity index (χ0n) is 10.3. The Morgan fingerprint density at radius 1 is 1.12 bits per heavy atom. The highest BCUT2D eigenvalue weighted by atomic mass is 79.9.